The van der Waals surface area contributed by atoms with E-state index in [4.69, 9.17) is 4.74 Å². The number of hydrogen-bond acceptors (Lipinski definition) is 2. The van der Waals surface area contributed by atoms with E-state index in [-0.39, 0.29) is 5.91 Å². The van der Waals surface area contributed by atoms with Crippen LogP contribution in [0.3, 0.4) is 0 Å². The van der Waals surface area contributed by atoms with E-state index in [0.717, 1.165) is 50.1 Å². The maximum Gasteiger partial charge on any atom is 0.254 e. The monoisotopic (exact) mass is 458 g/mol. The average molecular weight is 459 g/mol. The van der Waals surface area contributed by atoms with Crippen molar-refractivity contribution in [3.8, 4) is 5.75 Å². The van der Waals surface area contributed by atoms with Gasteiger partial charge in [0.1, 0.15) is 5.75 Å². The molecule has 4 nitrogen and oxygen atoms in total. The predicted octanol–water partition coefficient (Wildman–Crippen LogP) is 7.00. The Balaban J connectivity index is 1.52. The van der Waals surface area contributed by atoms with E-state index in [1.807, 2.05) is 24.3 Å². The van der Waals surface area contributed by atoms with Gasteiger partial charge in [0.25, 0.3) is 5.91 Å². The van der Waals surface area contributed by atoms with Crippen LogP contribution in [0.1, 0.15) is 79.0 Å². The van der Waals surface area contributed by atoms with Crippen LogP contribution in [0.25, 0.3) is 0 Å². The van der Waals surface area contributed by atoms with E-state index in [1.165, 1.54) is 36.1 Å². The fourth-order valence-electron chi connectivity index (χ4n) is 4.88. The summed E-state index contributed by atoms with van der Waals surface area (Å²) in [4.78, 5) is 15.9. The van der Waals surface area contributed by atoms with Gasteiger partial charge < -0.3 is 14.2 Å². The van der Waals surface area contributed by atoms with Crippen LogP contribution in [0.4, 0.5) is 0 Å². The molecule has 1 aliphatic carbocycles. The summed E-state index contributed by atoms with van der Waals surface area (Å²) in [5.74, 6) is 0.955. The Labute approximate surface area is 204 Å². The predicted molar refractivity (Wildman–Crippen MR) is 138 cm³/mol. The maximum atomic E-state index is 13.7. The molecule has 180 valence electrons. The number of carbonyl (C=O) groups is 1. The number of ether oxygens (including phenoxy) is 1. The van der Waals surface area contributed by atoms with Crippen LogP contribution in [0.5, 0.6) is 5.75 Å². The van der Waals surface area contributed by atoms with Gasteiger partial charge in [-0.15, -0.1) is 0 Å². The molecule has 1 heterocycles. The Bertz CT molecular complexity index is 1050. The Morgan fingerprint density at radius 2 is 1.82 bits per heavy atom. The van der Waals surface area contributed by atoms with E-state index in [2.05, 4.69) is 65.9 Å². The molecule has 4 rings (SSSR count). The van der Waals surface area contributed by atoms with Crippen molar-refractivity contribution in [2.75, 3.05) is 6.61 Å². The normalized spacial score (nSPS) is 14.2. The molecule has 0 spiro atoms. The van der Waals surface area contributed by atoms with Crippen LogP contribution >= 0.6 is 0 Å². The second-order valence-corrected chi connectivity index (χ2v) is 9.57. The fourth-order valence-corrected chi connectivity index (χ4v) is 4.88. The van der Waals surface area contributed by atoms with Crippen molar-refractivity contribution >= 4 is 5.91 Å². The minimum absolute atomic E-state index is 0.121. The van der Waals surface area contributed by atoms with Crippen LogP contribution in [0.15, 0.2) is 66.9 Å². The highest BCUT2D eigenvalue weighted by atomic mass is 16.5. The van der Waals surface area contributed by atoms with Gasteiger partial charge in [-0.2, -0.15) is 0 Å². The molecule has 0 atom stereocenters. The molecular weight excluding hydrogens is 420 g/mol. The van der Waals surface area contributed by atoms with E-state index < -0.39 is 0 Å². The van der Waals surface area contributed by atoms with Crippen molar-refractivity contribution in [3.63, 3.8) is 0 Å². The number of hydrogen-bond donors (Lipinski definition) is 0. The SMILES string of the molecule is CCCCOc1ccc(C(=O)N(Cc2cccn2Cc2cccc(C)c2)C2CCCCC2)cc1. The molecule has 34 heavy (non-hydrogen) atoms. The first-order valence-corrected chi connectivity index (χ1v) is 12.9. The molecule has 4 heteroatoms. The van der Waals surface area contributed by atoms with Crippen LogP contribution in [0.2, 0.25) is 0 Å². The van der Waals surface area contributed by atoms with Crippen LogP contribution in [-0.4, -0.2) is 28.0 Å². The van der Waals surface area contributed by atoms with Gasteiger partial charge in [-0.05, 0) is 68.1 Å². The minimum atomic E-state index is 0.121. The molecule has 0 aliphatic heterocycles. The summed E-state index contributed by atoms with van der Waals surface area (Å²) >= 11 is 0. The zero-order valence-corrected chi connectivity index (χ0v) is 20.7. The molecule has 1 amide bonds. The lowest BCUT2D eigenvalue weighted by atomic mass is 9.93. The molecule has 1 saturated carbocycles. The molecule has 3 aromatic rings. The van der Waals surface area contributed by atoms with Crippen molar-refractivity contribution in [2.24, 2.45) is 0 Å². The van der Waals surface area contributed by atoms with Gasteiger partial charge in [-0.25, -0.2) is 0 Å². The summed E-state index contributed by atoms with van der Waals surface area (Å²) in [6.45, 7) is 6.46. The van der Waals surface area contributed by atoms with Crippen molar-refractivity contribution in [2.45, 2.75) is 77.9 Å². The van der Waals surface area contributed by atoms with Gasteiger partial charge in [0.2, 0.25) is 0 Å². The second kappa shape index (κ2) is 11.9. The molecule has 2 aromatic carbocycles. The average Bonchev–Trinajstić information content (AvgIpc) is 3.30. The topological polar surface area (TPSA) is 34.5 Å². The standard InChI is InChI=1S/C30H38N2O2/c1-3-4-20-34-29-17-15-26(16-18-29)30(33)32(27-12-6-5-7-13-27)23-28-14-9-19-31(28)22-25-11-8-10-24(2)21-25/h8-11,14-19,21,27H,3-7,12-13,20,22-23H2,1-2H3. The van der Waals surface area contributed by atoms with Crippen molar-refractivity contribution < 1.29 is 9.53 Å². The summed E-state index contributed by atoms with van der Waals surface area (Å²) in [6.07, 6.45) is 10.1. The number of unbranched alkanes of at least 4 members (excludes halogenated alkanes) is 1. The molecular formula is C30H38N2O2. The number of aryl methyl sites for hydroxylation is 1. The molecule has 1 fully saturated rings. The zero-order chi connectivity index (χ0) is 23.8. The third kappa shape index (κ3) is 6.31. The highest BCUT2D eigenvalue weighted by Crippen LogP contribution is 2.27. The van der Waals surface area contributed by atoms with Crippen molar-refractivity contribution in [3.05, 3.63) is 89.2 Å². The summed E-state index contributed by atoms with van der Waals surface area (Å²) in [5.41, 5.74) is 4.48. The Morgan fingerprint density at radius 3 is 2.56 bits per heavy atom. The molecule has 0 saturated heterocycles. The first-order chi connectivity index (χ1) is 16.6. The molecule has 0 N–H and O–H groups in total. The Hall–Kier alpha value is -3.01. The number of amides is 1. The summed E-state index contributed by atoms with van der Waals surface area (Å²) in [5, 5.41) is 0. The third-order valence-corrected chi connectivity index (χ3v) is 6.84. The molecule has 1 aliphatic rings. The third-order valence-electron chi connectivity index (χ3n) is 6.84. The first kappa shape index (κ1) is 24.1. The van der Waals surface area contributed by atoms with Crippen LogP contribution in [-0.2, 0) is 13.1 Å². The Morgan fingerprint density at radius 1 is 1.03 bits per heavy atom. The summed E-state index contributed by atoms with van der Waals surface area (Å²) in [6, 6.07) is 20.9. The van der Waals surface area contributed by atoms with E-state index >= 15 is 0 Å². The molecule has 0 radical (unpaired) electrons. The fraction of sp³-hybridized carbons (Fsp3) is 0.433. The number of carbonyl (C=O) groups excluding carboxylic acids is 1. The van der Waals surface area contributed by atoms with Gasteiger partial charge in [-0.1, -0.05) is 62.4 Å². The molecule has 1 aromatic heterocycles. The largest absolute Gasteiger partial charge is 0.494 e. The number of aromatic nitrogens is 1. The first-order valence-electron chi connectivity index (χ1n) is 12.9. The highest BCUT2D eigenvalue weighted by molar-refractivity contribution is 5.94. The summed E-state index contributed by atoms with van der Waals surface area (Å²) < 4.78 is 8.08. The lowest BCUT2D eigenvalue weighted by Crippen LogP contribution is -2.41. The number of rotatable bonds is 10. The van der Waals surface area contributed by atoms with E-state index in [1.54, 1.807) is 0 Å². The molecule has 0 bridgehead atoms. The van der Waals surface area contributed by atoms with E-state index in [0.29, 0.717) is 12.6 Å². The van der Waals surface area contributed by atoms with Gasteiger partial charge in [0.05, 0.1) is 13.2 Å². The second-order valence-electron chi connectivity index (χ2n) is 9.57. The van der Waals surface area contributed by atoms with Gasteiger partial charge in [0, 0.05) is 30.0 Å². The van der Waals surface area contributed by atoms with Crippen LogP contribution in [0, 0.1) is 6.92 Å². The number of benzene rings is 2. The van der Waals surface area contributed by atoms with Crippen molar-refractivity contribution in [1.82, 2.24) is 9.47 Å². The van der Waals surface area contributed by atoms with Crippen LogP contribution < -0.4 is 4.74 Å². The summed E-state index contributed by atoms with van der Waals surface area (Å²) in [7, 11) is 0. The molecule has 0 unspecified atom stereocenters. The quantitative estimate of drug-likeness (QED) is 0.307. The lowest BCUT2D eigenvalue weighted by Gasteiger charge is -2.35. The van der Waals surface area contributed by atoms with Gasteiger partial charge in [-0.3, -0.25) is 4.79 Å². The van der Waals surface area contributed by atoms with Crippen molar-refractivity contribution in [1.29, 1.82) is 0 Å². The van der Waals surface area contributed by atoms with Gasteiger partial charge in [0.15, 0.2) is 0 Å². The van der Waals surface area contributed by atoms with E-state index in [9.17, 15) is 4.79 Å². The Kier molecular flexibility index (Phi) is 8.46. The number of nitrogens with zero attached hydrogens (tertiary/aromatic N) is 2. The van der Waals surface area contributed by atoms with Gasteiger partial charge >= 0.3 is 0 Å². The lowest BCUT2D eigenvalue weighted by molar-refractivity contribution is 0.0608. The highest BCUT2D eigenvalue weighted by Gasteiger charge is 2.27. The smallest absolute Gasteiger partial charge is 0.254 e. The maximum absolute atomic E-state index is 13.7. The zero-order valence-electron chi connectivity index (χ0n) is 20.7. The minimum Gasteiger partial charge on any atom is -0.494 e.